The number of nitrogens with two attached hydrogens (primary N) is 1. The summed E-state index contributed by atoms with van der Waals surface area (Å²) in [7, 11) is 1.79. The van der Waals surface area contributed by atoms with Gasteiger partial charge in [0, 0.05) is 13.6 Å². The number of aryl methyl sites for hydroxylation is 1. The van der Waals surface area contributed by atoms with Crippen molar-refractivity contribution in [1.82, 2.24) is 4.90 Å². The molecule has 0 aliphatic heterocycles. The number of nitrogens with zero attached hydrogens (tertiary/aromatic N) is 1. The molecular weight excluding hydrogens is 264 g/mol. The van der Waals surface area contributed by atoms with E-state index in [0.29, 0.717) is 13.2 Å². The smallest absolute Gasteiger partial charge is 0.239 e. The number of carbonyl (C=O) groups is 1. The van der Waals surface area contributed by atoms with Crippen LogP contribution >= 0.6 is 0 Å². The fraction of sp³-hybridized carbons (Fsp3) is 0.588. The van der Waals surface area contributed by atoms with Crippen molar-refractivity contribution in [3.8, 4) is 5.75 Å². The van der Waals surface area contributed by atoms with Gasteiger partial charge in [-0.3, -0.25) is 4.79 Å². The van der Waals surface area contributed by atoms with Gasteiger partial charge in [0.25, 0.3) is 0 Å². The average Bonchev–Trinajstić information content (AvgIpc) is 2.42. The van der Waals surface area contributed by atoms with Crippen LogP contribution in [0.3, 0.4) is 0 Å². The lowest BCUT2D eigenvalue weighted by atomic mass is 9.86. The molecule has 0 fully saturated rings. The van der Waals surface area contributed by atoms with Crippen molar-refractivity contribution < 1.29 is 9.53 Å². The van der Waals surface area contributed by atoms with E-state index in [-0.39, 0.29) is 11.3 Å². The largest absolute Gasteiger partial charge is 0.493 e. The number of para-hydroxylation sites is 1. The van der Waals surface area contributed by atoms with Gasteiger partial charge in [-0.1, -0.05) is 39.0 Å². The Labute approximate surface area is 128 Å². The van der Waals surface area contributed by atoms with Gasteiger partial charge in [0.05, 0.1) is 12.6 Å². The highest BCUT2D eigenvalue weighted by Gasteiger charge is 2.29. The maximum absolute atomic E-state index is 12.2. The van der Waals surface area contributed by atoms with Crippen LogP contribution in [0.5, 0.6) is 5.75 Å². The quantitative estimate of drug-likeness (QED) is 0.820. The number of hydrogen-bond acceptors (Lipinski definition) is 3. The van der Waals surface area contributed by atoms with Crippen molar-refractivity contribution in [2.24, 2.45) is 11.1 Å². The summed E-state index contributed by atoms with van der Waals surface area (Å²) in [6.07, 6.45) is 0.785. The van der Waals surface area contributed by atoms with E-state index in [4.69, 9.17) is 10.5 Å². The van der Waals surface area contributed by atoms with E-state index in [1.165, 1.54) is 0 Å². The summed E-state index contributed by atoms with van der Waals surface area (Å²) in [6, 6.07) is 7.45. The van der Waals surface area contributed by atoms with E-state index in [0.717, 1.165) is 17.7 Å². The van der Waals surface area contributed by atoms with Gasteiger partial charge in [-0.15, -0.1) is 0 Å². The Bertz CT molecular complexity index is 466. The van der Waals surface area contributed by atoms with E-state index in [9.17, 15) is 4.79 Å². The molecule has 0 radical (unpaired) electrons. The molecule has 1 rings (SSSR count). The first kappa shape index (κ1) is 17.5. The van der Waals surface area contributed by atoms with Crippen molar-refractivity contribution >= 4 is 5.91 Å². The second-order valence-corrected chi connectivity index (χ2v) is 6.57. The van der Waals surface area contributed by atoms with Crippen molar-refractivity contribution in [2.45, 2.75) is 40.2 Å². The van der Waals surface area contributed by atoms with Gasteiger partial charge in [-0.05, 0) is 30.4 Å². The third-order valence-electron chi connectivity index (χ3n) is 3.56. The third kappa shape index (κ3) is 5.38. The molecule has 4 nitrogen and oxygen atoms in total. The Hall–Kier alpha value is -1.55. The van der Waals surface area contributed by atoms with E-state index in [1.54, 1.807) is 11.9 Å². The summed E-state index contributed by atoms with van der Waals surface area (Å²) in [6.45, 7) is 9.19. The lowest BCUT2D eigenvalue weighted by Crippen LogP contribution is -2.49. The van der Waals surface area contributed by atoms with Gasteiger partial charge < -0.3 is 15.4 Å². The zero-order valence-electron chi connectivity index (χ0n) is 13.8. The van der Waals surface area contributed by atoms with E-state index < -0.39 is 6.04 Å². The van der Waals surface area contributed by atoms with Gasteiger partial charge >= 0.3 is 0 Å². The number of carbonyl (C=O) groups excluding carboxylic acids is 1. The predicted molar refractivity (Wildman–Crippen MR) is 86.4 cm³/mol. The number of ether oxygens (including phenoxy) is 1. The summed E-state index contributed by atoms with van der Waals surface area (Å²) in [4.78, 5) is 13.9. The van der Waals surface area contributed by atoms with Crippen LogP contribution in [0.15, 0.2) is 24.3 Å². The standard InChI is InChI=1S/C17H28N2O2/c1-13-9-6-7-10-14(13)21-12-8-11-19(5)16(20)15(18)17(2,3)4/h6-7,9-10,15H,8,11-12,18H2,1-5H3/t15-/m1/s1. The second-order valence-electron chi connectivity index (χ2n) is 6.57. The van der Waals surface area contributed by atoms with Gasteiger partial charge in [-0.2, -0.15) is 0 Å². The van der Waals surface area contributed by atoms with Crippen molar-refractivity contribution in [1.29, 1.82) is 0 Å². The molecule has 0 heterocycles. The number of likely N-dealkylation sites (N-methyl/N-ethyl adjacent to an activating group) is 1. The molecule has 0 aromatic heterocycles. The van der Waals surface area contributed by atoms with Gasteiger partial charge in [0.1, 0.15) is 5.75 Å². The zero-order valence-corrected chi connectivity index (χ0v) is 13.8. The summed E-state index contributed by atoms with van der Waals surface area (Å²) in [5.41, 5.74) is 6.89. The van der Waals surface area contributed by atoms with Crippen LogP contribution in [0.1, 0.15) is 32.8 Å². The summed E-state index contributed by atoms with van der Waals surface area (Å²) < 4.78 is 5.73. The maximum atomic E-state index is 12.2. The van der Waals surface area contributed by atoms with E-state index >= 15 is 0 Å². The summed E-state index contributed by atoms with van der Waals surface area (Å²) in [5, 5.41) is 0. The molecule has 0 saturated carbocycles. The minimum atomic E-state index is -0.472. The molecule has 0 bridgehead atoms. The molecule has 0 unspecified atom stereocenters. The van der Waals surface area contributed by atoms with Gasteiger partial charge in [-0.25, -0.2) is 0 Å². The summed E-state index contributed by atoms with van der Waals surface area (Å²) in [5.74, 6) is 0.885. The molecular formula is C17H28N2O2. The molecule has 0 saturated heterocycles. The third-order valence-corrected chi connectivity index (χ3v) is 3.56. The van der Waals surface area contributed by atoms with Crippen molar-refractivity contribution in [3.05, 3.63) is 29.8 Å². The molecule has 1 aromatic carbocycles. The van der Waals surface area contributed by atoms with Crippen LogP contribution < -0.4 is 10.5 Å². The van der Waals surface area contributed by atoms with Crippen LogP contribution in [0.25, 0.3) is 0 Å². The first-order valence-electron chi connectivity index (χ1n) is 7.42. The molecule has 2 N–H and O–H groups in total. The highest BCUT2D eigenvalue weighted by Crippen LogP contribution is 2.19. The topological polar surface area (TPSA) is 55.6 Å². The molecule has 21 heavy (non-hydrogen) atoms. The first-order valence-corrected chi connectivity index (χ1v) is 7.42. The number of benzene rings is 1. The molecule has 0 spiro atoms. The molecule has 1 atom stereocenters. The second kappa shape index (κ2) is 7.46. The Balaban J connectivity index is 2.36. The molecule has 4 heteroatoms. The van der Waals surface area contributed by atoms with Crippen LogP contribution in [-0.2, 0) is 4.79 Å². The van der Waals surface area contributed by atoms with Gasteiger partial charge in [0.15, 0.2) is 0 Å². The SMILES string of the molecule is Cc1ccccc1OCCCN(C)C(=O)[C@@H](N)C(C)(C)C. The molecule has 118 valence electrons. The van der Waals surface area contributed by atoms with E-state index in [2.05, 4.69) is 0 Å². The minimum Gasteiger partial charge on any atom is -0.493 e. The highest BCUT2D eigenvalue weighted by molar-refractivity contribution is 5.82. The minimum absolute atomic E-state index is 0.0154. The Morgan fingerprint density at radius 1 is 1.33 bits per heavy atom. The highest BCUT2D eigenvalue weighted by atomic mass is 16.5. The van der Waals surface area contributed by atoms with Crippen LogP contribution in [0.4, 0.5) is 0 Å². The normalized spacial score (nSPS) is 12.9. The average molecular weight is 292 g/mol. The zero-order chi connectivity index (χ0) is 16.0. The molecule has 1 amide bonds. The van der Waals surface area contributed by atoms with Crippen LogP contribution in [0.2, 0.25) is 0 Å². The Kier molecular flexibility index (Phi) is 6.21. The molecule has 0 aliphatic rings. The van der Waals surface area contributed by atoms with Crippen molar-refractivity contribution in [2.75, 3.05) is 20.2 Å². The Morgan fingerprint density at radius 2 is 1.95 bits per heavy atom. The summed E-state index contributed by atoms with van der Waals surface area (Å²) >= 11 is 0. The fourth-order valence-corrected chi connectivity index (χ4v) is 1.92. The number of rotatable bonds is 6. The fourth-order valence-electron chi connectivity index (χ4n) is 1.92. The molecule has 1 aromatic rings. The lowest BCUT2D eigenvalue weighted by Gasteiger charge is -2.30. The Morgan fingerprint density at radius 3 is 2.52 bits per heavy atom. The predicted octanol–water partition coefficient (Wildman–Crippen LogP) is 2.60. The van der Waals surface area contributed by atoms with Crippen LogP contribution in [-0.4, -0.2) is 37.0 Å². The number of amides is 1. The first-order chi connectivity index (χ1) is 9.73. The number of hydrogen-bond donors (Lipinski definition) is 1. The lowest BCUT2D eigenvalue weighted by molar-refractivity contribution is -0.133. The monoisotopic (exact) mass is 292 g/mol. The van der Waals surface area contributed by atoms with Crippen molar-refractivity contribution in [3.63, 3.8) is 0 Å². The molecule has 0 aliphatic carbocycles. The van der Waals surface area contributed by atoms with Crippen LogP contribution in [0, 0.1) is 12.3 Å². The van der Waals surface area contributed by atoms with Gasteiger partial charge in [0.2, 0.25) is 5.91 Å². The maximum Gasteiger partial charge on any atom is 0.239 e. The van der Waals surface area contributed by atoms with E-state index in [1.807, 2.05) is 52.0 Å².